The van der Waals surface area contributed by atoms with E-state index in [1.807, 2.05) is 40.6 Å². The molecule has 1 aliphatic rings. The van der Waals surface area contributed by atoms with Crippen molar-refractivity contribution in [2.24, 2.45) is 0 Å². The lowest BCUT2D eigenvalue weighted by Crippen LogP contribution is -2.48. The standard InChI is InChI=1S/C16H23N5OS/c1-2-23-13-8-4-3-7-12(13)18-16(22)17-11-15-20-19-14-9-5-6-10-21(14)15/h5-6,9-10,12-13H,2-4,7-8,11H2,1H3,(H2,17,18,22)/t12-,13-/m1/s1. The Bertz CT molecular complexity index is 657. The van der Waals surface area contributed by atoms with E-state index in [9.17, 15) is 4.79 Å². The molecule has 7 heteroatoms. The van der Waals surface area contributed by atoms with E-state index >= 15 is 0 Å². The predicted molar refractivity (Wildman–Crippen MR) is 92.5 cm³/mol. The number of pyridine rings is 1. The molecule has 2 atom stereocenters. The van der Waals surface area contributed by atoms with Gasteiger partial charge in [0.15, 0.2) is 11.5 Å². The van der Waals surface area contributed by atoms with Crippen LogP contribution in [0.15, 0.2) is 24.4 Å². The molecule has 0 aliphatic heterocycles. The summed E-state index contributed by atoms with van der Waals surface area (Å²) in [5.41, 5.74) is 0.788. The summed E-state index contributed by atoms with van der Waals surface area (Å²) >= 11 is 1.95. The molecule has 2 aromatic heterocycles. The predicted octanol–water partition coefficient (Wildman–Crippen LogP) is 2.59. The molecule has 2 aromatic rings. The molecule has 0 unspecified atom stereocenters. The molecular formula is C16H23N5OS. The lowest BCUT2D eigenvalue weighted by Gasteiger charge is -2.31. The van der Waals surface area contributed by atoms with Crippen molar-refractivity contribution >= 4 is 23.4 Å². The summed E-state index contributed by atoms with van der Waals surface area (Å²) in [6.07, 6.45) is 6.63. The Kier molecular flexibility index (Phi) is 5.38. The van der Waals surface area contributed by atoms with Gasteiger partial charge in [0.1, 0.15) is 0 Å². The highest BCUT2D eigenvalue weighted by Crippen LogP contribution is 2.28. The van der Waals surface area contributed by atoms with E-state index in [0.29, 0.717) is 11.8 Å². The van der Waals surface area contributed by atoms with E-state index in [1.54, 1.807) is 0 Å². The molecule has 1 saturated carbocycles. The third-order valence-corrected chi connectivity index (χ3v) is 5.52. The van der Waals surface area contributed by atoms with Crippen LogP contribution in [-0.2, 0) is 6.54 Å². The van der Waals surface area contributed by atoms with Crippen molar-refractivity contribution in [3.63, 3.8) is 0 Å². The van der Waals surface area contributed by atoms with Crippen molar-refractivity contribution in [1.29, 1.82) is 0 Å². The molecule has 0 spiro atoms. The van der Waals surface area contributed by atoms with Gasteiger partial charge in [0, 0.05) is 17.5 Å². The van der Waals surface area contributed by atoms with E-state index < -0.39 is 0 Å². The highest BCUT2D eigenvalue weighted by molar-refractivity contribution is 7.99. The number of amides is 2. The minimum Gasteiger partial charge on any atom is -0.334 e. The van der Waals surface area contributed by atoms with Crippen LogP contribution in [0.4, 0.5) is 4.79 Å². The number of hydrogen-bond acceptors (Lipinski definition) is 4. The number of nitrogens with one attached hydrogen (secondary N) is 2. The Morgan fingerprint density at radius 2 is 2.22 bits per heavy atom. The molecule has 2 N–H and O–H groups in total. The topological polar surface area (TPSA) is 71.3 Å². The van der Waals surface area contributed by atoms with Crippen molar-refractivity contribution < 1.29 is 4.79 Å². The van der Waals surface area contributed by atoms with E-state index in [0.717, 1.165) is 23.6 Å². The Hall–Kier alpha value is -1.76. The summed E-state index contributed by atoms with van der Waals surface area (Å²) < 4.78 is 1.89. The number of carbonyl (C=O) groups excluding carboxylic acids is 1. The number of carbonyl (C=O) groups is 1. The molecule has 2 amide bonds. The lowest BCUT2D eigenvalue weighted by molar-refractivity contribution is 0.232. The Balaban J connectivity index is 1.54. The number of fused-ring (bicyclic) bond motifs is 1. The molecule has 1 fully saturated rings. The van der Waals surface area contributed by atoms with Crippen LogP contribution in [0.3, 0.4) is 0 Å². The van der Waals surface area contributed by atoms with Crippen molar-refractivity contribution in [3.8, 4) is 0 Å². The number of nitrogens with zero attached hydrogens (tertiary/aromatic N) is 3. The first-order valence-electron chi connectivity index (χ1n) is 8.22. The maximum atomic E-state index is 12.2. The average Bonchev–Trinajstić information content (AvgIpc) is 2.98. The zero-order chi connectivity index (χ0) is 16.1. The van der Waals surface area contributed by atoms with Gasteiger partial charge in [0.25, 0.3) is 0 Å². The maximum Gasteiger partial charge on any atom is 0.315 e. The van der Waals surface area contributed by atoms with Crippen LogP contribution in [-0.4, -0.2) is 37.7 Å². The van der Waals surface area contributed by atoms with Crippen LogP contribution >= 0.6 is 11.8 Å². The lowest BCUT2D eigenvalue weighted by atomic mass is 9.95. The van der Waals surface area contributed by atoms with Crippen molar-refractivity contribution in [3.05, 3.63) is 30.2 Å². The largest absolute Gasteiger partial charge is 0.334 e. The quantitative estimate of drug-likeness (QED) is 0.882. The van der Waals surface area contributed by atoms with Gasteiger partial charge in [-0.3, -0.25) is 4.40 Å². The van der Waals surface area contributed by atoms with Gasteiger partial charge in [-0.15, -0.1) is 10.2 Å². The van der Waals surface area contributed by atoms with Gasteiger partial charge in [-0.25, -0.2) is 4.79 Å². The number of rotatable bonds is 5. The fourth-order valence-corrected chi connectivity index (χ4v) is 4.26. The van der Waals surface area contributed by atoms with Crippen LogP contribution in [0, 0.1) is 0 Å². The van der Waals surface area contributed by atoms with Crippen LogP contribution in [0.5, 0.6) is 0 Å². The Morgan fingerprint density at radius 3 is 3.09 bits per heavy atom. The van der Waals surface area contributed by atoms with Gasteiger partial charge in [-0.1, -0.05) is 25.8 Å². The minimum absolute atomic E-state index is 0.119. The molecule has 0 radical (unpaired) electrons. The monoisotopic (exact) mass is 333 g/mol. The van der Waals surface area contributed by atoms with Gasteiger partial charge >= 0.3 is 6.03 Å². The molecule has 6 nitrogen and oxygen atoms in total. The highest BCUT2D eigenvalue weighted by atomic mass is 32.2. The van der Waals surface area contributed by atoms with Crippen LogP contribution < -0.4 is 10.6 Å². The van der Waals surface area contributed by atoms with Crippen molar-refractivity contribution in [2.45, 2.75) is 50.4 Å². The summed E-state index contributed by atoms with van der Waals surface area (Å²) in [5.74, 6) is 1.83. The fourth-order valence-electron chi connectivity index (χ4n) is 3.07. The third-order valence-electron chi connectivity index (χ3n) is 4.19. The fraction of sp³-hybridized carbons (Fsp3) is 0.562. The zero-order valence-electron chi connectivity index (χ0n) is 13.4. The van der Waals surface area contributed by atoms with Gasteiger partial charge in [0.05, 0.1) is 6.54 Å². The molecule has 2 heterocycles. The summed E-state index contributed by atoms with van der Waals surface area (Å²) in [6, 6.07) is 5.89. The zero-order valence-corrected chi connectivity index (χ0v) is 14.2. The average molecular weight is 333 g/mol. The Morgan fingerprint density at radius 1 is 1.35 bits per heavy atom. The smallest absolute Gasteiger partial charge is 0.315 e. The van der Waals surface area contributed by atoms with E-state index in [1.165, 1.54) is 19.3 Å². The maximum absolute atomic E-state index is 12.2. The van der Waals surface area contributed by atoms with E-state index in [2.05, 4.69) is 27.8 Å². The normalized spacial score (nSPS) is 21.3. The summed E-state index contributed by atoms with van der Waals surface area (Å²) in [7, 11) is 0. The molecule has 1 aliphatic carbocycles. The van der Waals surface area contributed by atoms with E-state index in [4.69, 9.17) is 0 Å². The van der Waals surface area contributed by atoms with Crippen LogP contribution in [0.25, 0.3) is 5.65 Å². The molecular weight excluding hydrogens is 310 g/mol. The molecule has 3 rings (SSSR count). The first-order valence-corrected chi connectivity index (χ1v) is 9.27. The van der Waals surface area contributed by atoms with Gasteiger partial charge in [0.2, 0.25) is 0 Å². The number of aromatic nitrogens is 3. The molecule has 0 bridgehead atoms. The summed E-state index contributed by atoms with van der Waals surface area (Å²) in [6.45, 7) is 2.54. The number of hydrogen-bond donors (Lipinski definition) is 2. The van der Waals surface area contributed by atoms with Crippen LogP contribution in [0.1, 0.15) is 38.4 Å². The van der Waals surface area contributed by atoms with Gasteiger partial charge < -0.3 is 10.6 Å². The molecule has 23 heavy (non-hydrogen) atoms. The number of thioether (sulfide) groups is 1. The van der Waals surface area contributed by atoms with Gasteiger partial charge in [-0.2, -0.15) is 11.8 Å². The molecule has 0 saturated heterocycles. The van der Waals surface area contributed by atoms with E-state index in [-0.39, 0.29) is 12.1 Å². The summed E-state index contributed by atoms with van der Waals surface area (Å²) in [4.78, 5) is 12.2. The first kappa shape index (κ1) is 16.1. The van der Waals surface area contributed by atoms with Gasteiger partial charge in [-0.05, 0) is 30.7 Å². The highest BCUT2D eigenvalue weighted by Gasteiger charge is 2.26. The summed E-state index contributed by atoms with van der Waals surface area (Å²) in [5, 5.41) is 14.8. The Labute approximate surface area is 140 Å². The third kappa shape index (κ3) is 3.96. The molecule has 124 valence electrons. The molecule has 0 aromatic carbocycles. The second kappa shape index (κ2) is 7.68. The SMILES string of the molecule is CCS[C@@H]1CCCC[C@H]1NC(=O)NCc1nnc2ccccn12. The first-order chi connectivity index (χ1) is 11.3. The van der Waals surface area contributed by atoms with Crippen LogP contribution in [0.2, 0.25) is 0 Å². The van der Waals surface area contributed by atoms with Crippen molar-refractivity contribution in [1.82, 2.24) is 25.2 Å². The second-order valence-electron chi connectivity index (χ2n) is 5.76. The number of urea groups is 1. The minimum atomic E-state index is -0.119. The second-order valence-corrected chi connectivity index (χ2v) is 7.27. The van der Waals surface area contributed by atoms with Crippen molar-refractivity contribution in [2.75, 3.05) is 5.75 Å².